The van der Waals surface area contributed by atoms with E-state index in [-0.39, 0.29) is 24.7 Å². The van der Waals surface area contributed by atoms with Crippen LogP contribution in [0.15, 0.2) is 16.8 Å². The van der Waals surface area contributed by atoms with Crippen molar-refractivity contribution in [3.8, 4) is 0 Å². The van der Waals surface area contributed by atoms with Gasteiger partial charge in [0.25, 0.3) is 0 Å². The number of aliphatic hydroxyl groups excluding tert-OH is 1. The molecule has 0 spiro atoms. The lowest BCUT2D eigenvalue weighted by atomic mass is 10.1. The quantitative estimate of drug-likeness (QED) is 0.771. The summed E-state index contributed by atoms with van der Waals surface area (Å²) < 4.78 is 5.36. The van der Waals surface area contributed by atoms with E-state index < -0.39 is 6.10 Å². The van der Waals surface area contributed by atoms with Crippen molar-refractivity contribution < 1.29 is 14.6 Å². The van der Waals surface area contributed by atoms with Crippen molar-refractivity contribution in [1.82, 2.24) is 10.6 Å². The van der Waals surface area contributed by atoms with E-state index in [0.29, 0.717) is 6.61 Å². The van der Waals surface area contributed by atoms with Crippen LogP contribution in [0.5, 0.6) is 0 Å². The van der Waals surface area contributed by atoms with E-state index >= 15 is 0 Å². The third-order valence-electron chi connectivity index (χ3n) is 3.08. The zero-order chi connectivity index (χ0) is 13.0. The smallest absolute Gasteiger partial charge is 0.315 e. The van der Waals surface area contributed by atoms with Crippen LogP contribution in [0.1, 0.15) is 25.0 Å². The number of hydrogen-bond donors (Lipinski definition) is 3. The molecule has 1 aliphatic rings. The number of aliphatic hydroxyl groups is 1. The predicted molar refractivity (Wildman–Crippen MR) is 69.6 cm³/mol. The van der Waals surface area contributed by atoms with Crippen LogP contribution in [0.4, 0.5) is 4.79 Å². The fourth-order valence-electron chi connectivity index (χ4n) is 1.91. The summed E-state index contributed by atoms with van der Waals surface area (Å²) in [6, 6.07) is 1.65. The molecule has 2 rings (SSSR count). The van der Waals surface area contributed by atoms with E-state index in [9.17, 15) is 9.90 Å². The van der Waals surface area contributed by atoms with Gasteiger partial charge in [-0.2, -0.15) is 11.3 Å². The molecule has 1 aromatic heterocycles. The average molecular weight is 270 g/mol. The highest BCUT2D eigenvalue weighted by atomic mass is 32.1. The fourth-order valence-corrected chi connectivity index (χ4v) is 2.62. The first-order valence-electron chi connectivity index (χ1n) is 6.03. The molecule has 2 heterocycles. The molecular weight excluding hydrogens is 252 g/mol. The van der Waals surface area contributed by atoms with E-state index in [1.54, 1.807) is 0 Å². The Morgan fingerprint density at radius 2 is 2.56 bits per heavy atom. The maximum absolute atomic E-state index is 11.6. The van der Waals surface area contributed by atoms with Gasteiger partial charge in [-0.05, 0) is 35.7 Å². The molecule has 0 saturated carbocycles. The van der Waals surface area contributed by atoms with Crippen molar-refractivity contribution in [2.75, 3.05) is 13.2 Å². The molecular formula is C12H18N2O3S. The Morgan fingerprint density at radius 3 is 3.17 bits per heavy atom. The lowest BCUT2D eigenvalue weighted by Crippen LogP contribution is -2.45. The number of thiophene rings is 1. The molecule has 0 aliphatic carbocycles. The van der Waals surface area contributed by atoms with Gasteiger partial charge in [0, 0.05) is 13.2 Å². The van der Waals surface area contributed by atoms with Crippen LogP contribution < -0.4 is 10.6 Å². The zero-order valence-corrected chi connectivity index (χ0v) is 11.1. The van der Waals surface area contributed by atoms with Crippen LogP contribution in [-0.2, 0) is 4.74 Å². The largest absolute Gasteiger partial charge is 0.387 e. The Hall–Kier alpha value is -1.11. The Bertz CT molecular complexity index is 383. The molecule has 100 valence electrons. The van der Waals surface area contributed by atoms with E-state index in [1.165, 1.54) is 11.3 Å². The number of nitrogens with one attached hydrogen (secondary N) is 2. The molecule has 3 atom stereocenters. The number of amides is 2. The molecule has 0 bridgehead atoms. The summed E-state index contributed by atoms with van der Waals surface area (Å²) in [6.45, 7) is 2.84. The normalized spacial score (nSPS) is 24.8. The summed E-state index contributed by atoms with van der Waals surface area (Å²) in [4.78, 5) is 11.6. The summed E-state index contributed by atoms with van der Waals surface area (Å²) >= 11 is 1.52. The Morgan fingerprint density at radius 1 is 1.72 bits per heavy atom. The van der Waals surface area contributed by atoms with Crippen LogP contribution in [-0.4, -0.2) is 36.4 Å². The summed E-state index contributed by atoms with van der Waals surface area (Å²) in [7, 11) is 0. The highest BCUT2D eigenvalue weighted by Crippen LogP contribution is 2.15. The Labute approximate surface area is 110 Å². The molecule has 3 N–H and O–H groups in total. The van der Waals surface area contributed by atoms with Gasteiger partial charge < -0.3 is 20.5 Å². The van der Waals surface area contributed by atoms with Gasteiger partial charge in [0.2, 0.25) is 0 Å². The van der Waals surface area contributed by atoms with Crippen molar-refractivity contribution >= 4 is 17.4 Å². The van der Waals surface area contributed by atoms with Crippen molar-refractivity contribution in [2.45, 2.75) is 31.6 Å². The van der Waals surface area contributed by atoms with E-state index in [0.717, 1.165) is 12.0 Å². The van der Waals surface area contributed by atoms with Crippen molar-refractivity contribution in [3.05, 3.63) is 22.4 Å². The van der Waals surface area contributed by atoms with Crippen molar-refractivity contribution in [3.63, 3.8) is 0 Å². The molecule has 0 radical (unpaired) electrons. The minimum atomic E-state index is -0.653. The summed E-state index contributed by atoms with van der Waals surface area (Å²) in [5.41, 5.74) is 0.831. The van der Waals surface area contributed by atoms with Gasteiger partial charge in [-0.3, -0.25) is 0 Å². The van der Waals surface area contributed by atoms with Crippen LogP contribution >= 0.6 is 11.3 Å². The third-order valence-corrected chi connectivity index (χ3v) is 3.78. The fraction of sp³-hybridized carbons (Fsp3) is 0.583. The van der Waals surface area contributed by atoms with Gasteiger partial charge >= 0.3 is 6.03 Å². The molecule has 6 heteroatoms. The second-order valence-electron chi connectivity index (χ2n) is 4.40. The standard InChI is InChI=1S/C12H18N2O3S/c1-8-10(2-4-17-8)14-12(16)13-6-11(15)9-3-5-18-7-9/h3,5,7-8,10-11,15H,2,4,6H2,1H3,(H2,13,14,16). The van der Waals surface area contributed by atoms with Crippen LogP contribution in [0.2, 0.25) is 0 Å². The maximum atomic E-state index is 11.6. The van der Waals surface area contributed by atoms with Gasteiger partial charge in [-0.15, -0.1) is 0 Å². The topological polar surface area (TPSA) is 70.6 Å². The van der Waals surface area contributed by atoms with Crippen molar-refractivity contribution in [1.29, 1.82) is 0 Å². The number of urea groups is 1. The third kappa shape index (κ3) is 3.44. The lowest BCUT2D eigenvalue weighted by Gasteiger charge is -2.17. The highest BCUT2D eigenvalue weighted by molar-refractivity contribution is 7.07. The first-order chi connectivity index (χ1) is 8.66. The molecule has 1 aliphatic heterocycles. The zero-order valence-electron chi connectivity index (χ0n) is 10.3. The second-order valence-corrected chi connectivity index (χ2v) is 5.18. The molecule has 0 aromatic carbocycles. The molecule has 2 amide bonds. The van der Waals surface area contributed by atoms with Crippen LogP contribution in [0.3, 0.4) is 0 Å². The van der Waals surface area contributed by atoms with Gasteiger partial charge in [0.15, 0.2) is 0 Å². The SMILES string of the molecule is CC1OCCC1NC(=O)NCC(O)c1ccsc1. The first kappa shape index (κ1) is 13.3. The number of carbonyl (C=O) groups is 1. The van der Waals surface area contributed by atoms with Crippen molar-refractivity contribution in [2.24, 2.45) is 0 Å². The molecule has 18 heavy (non-hydrogen) atoms. The predicted octanol–water partition coefficient (Wildman–Crippen LogP) is 1.26. The lowest BCUT2D eigenvalue weighted by molar-refractivity contribution is 0.113. The molecule has 1 saturated heterocycles. The average Bonchev–Trinajstić information content (AvgIpc) is 2.99. The van der Waals surface area contributed by atoms with E-state index in [4.69, 9.17) is 4.74 Å². The number of rotatable bonds is 4. The maximum Gasteiger partial charge on any atom is 0.315 e. The minimum absolute atomic E-state index is 0.0533. The Kier molecular flexibility index (Phi) is 4.57. The number of ether oxygens (including phenoxy) is 1. The van der Waals surface area contributed by atoms with Gasteiger partial charge in [0.1, 0.15) is 0 Å². The molecule has 1 aromatic rings. The minimum Gasteiger partial charge on any atom is -0.387 e. The van der Waals surface area contributed by atoms with E-state index in [2.05, 4.69) is 10.6 Å². The highest BCUT2D eigenvalue weighted by Gasteiger charge is 2.25. The van der Waals surface area contributed by atoms with Gasteiger partial charge in [-0.1, -0.05) is 0 Å². The van der Waals surface area contributed by atoms with E-state index in [1.807, 2.05) is 23.8 Å². The first-order valence-corrected chi connectivity index (χ1v) is 6.97. The molecule has 5 nitrogen and oxygen atoms in total. The molecule has 3 unspecified atom stereocenters. The van der Waals surface area contributed by atoms with Crippen LogP contribution in [0.25, 0.3) is 0 Å². The van der Waals surface area contributed by atoms with Gasteiger partial charge in [-0.25, -0.2) is 4.79 Å². The van der Waals surface area contributed by atoms with Gasteiger partial charge in [0.05, 0.1) is 18.2 Å². The number of carbonyl (C=O) groups excluding carboxylic acids is 1. The Balaban J connectivity index is 1.71. The van der Waals surface area contributed by atoms with Crippen LogP contribution in [0, 0.1) is 0 Å². The molecule has 1 fully saturated rings. The summed E-state index contributed by atoms with van der Waals surface area (Å²) in [6.07, 6.45) is 0.235. The monoisotopic (exact) mass is 270 g/mol. The summed E-state index contributed by atoms with van der Waals surface area (Å²) in [5, 5.41) is 19.1. The summed E-state index contributed by atoms with van der Waals surface area (Å²) in [5.74, 6) is 0. The number of hydrogen-bond acceptors (Lipinski definition) is 4. The second kappa shape index (κ2) is 6.17.